The first-order valence-corrected chi connectivity index (χ1v) is 7.98. The van der Waals surface area contributed by atoms with Crippen LogP contribution in [0.15, 0.2) is 0 Å². The summed E-state index contributed by atoms with van der Waals surface area (Å²) in [7, 11) is 0. The minimum atomic E-state index is -9.19. The van der Waals surface area contributed by atoms with Gasteiger partial charge in [-0.15, -0.1) is 0 Å². The Morgan fingerprint density at radius 3 is 0.525 bits per heavy atom. The standard InChI is InChI=1S/C12F26O2/c13-1(14,7(23,24)25)3(17,18)11(35,36)39-5(21,9(29,30)31)6(22,10(32,33)34)40-12(37,38)4(19,20)2(15,16)8(26,27)28. The van der Waals surface area contributed by atoms with E-state index >= 15 is 0 Å². The molecule has 0 aliphatic carbocycles. The molecule has 0 saturated carbocycles. The van der Waals surface area contributed by atoms with E-state index in [4.69, 9.17) is 0 Å². The molecule has 0 aromatic heterocycles. The van der Waals surface area contributed by atoms with Gasteiger partial charge in [0.15, 0.2) is 0 Å². The van der Waals surface area contributed by atoms with Gasteiger partial charge in [-0.2, -0.15) is 114 Å². The summed E-state index contributed by atoms with van der Waals surface area (Å²) < 4.78 is 335. The Balaban J connectivity index is 7.49. The third kappa shape index (κ3) is 5.36. The normalized spacial score (nSPS) is 19.4. The summed E-state index contributed by atoms with van der Waals surface area (Å²) in [4.78, 5) is 0. The Labute approximate surface area is 197 Å². The summed E-state index contributed by atoms with van der Waals surface area (Å²) in [5.74, 6) is -53.0. The van der Waals surface area contributed by atoms with Crippen LogP contribution in [0.5, 0.6) is 0 Å². The number of alkyl halides is 26. The molecule has 0 saturated heterocycles. The minimum Gasteiger partial charge on any atom is -0.265 e. The summed E-state index contributed by atoms with van der Waals surface area (Å²) in [6, 6.07) is 0. The minimum absolute atomic E-state index is 0.776. The lowest BCUT2D eigenvalue weighted by Gasteiger charge is -2.44. The van der Waals surface area contributed by atoms with Gasteiger partial charge in [0, 0.05) is 0 Å². The Hall–Kier alpha value is -1.90. The van der Waals surface area contributed by atoms with Crippen LogP contribution in [0.4, 0.5) is 114 Å². The van der Waals surface area contributed by atoms with E-state index in [9.17, 15) is 114 Å². The van der Waals surface area contributed by atoms with E-state index in [1.165, 1.54) is 0 Å². The molecule has 0 radical (unpaired) electrons. The molecule has 2 unspecified atom stereocenters. The van der Waals surface area contributed by atoms with Gasteiger partial charge in [-0.3, -0.25) is 9.47 Å². The Bertz CT molecular complexity index is 829. The second-order valence-electron chi connectivity index (χ2n) is 6.72. The van der Waals surface area contributed by atoms with Crippen molar-refractivity contribution in [1.29, 1.82) is 0 Å². The molecule has 0 spiro atoms. The van der Waals surface area contributed by atoms with Gasteiger partial charge in [-0.05, 0) is 0 Å². The highest BCUT2D eigenvalue weighted by Gasteiger charge is 2.93. The van der Waals surface area contributed by atoms with E-state index in [2.05, 4.69) is 0 Å². The van der Waals surface area contributed by atoms with Gasteiger partial charge in [0.2, 0.25) is 0 Å². The molecule has 0 rings (SSSR count). The Morgan fingerprint density at radius 1 is 0.225 bits per heavy atom. The fraction of sp³-hybridized carbons (Fsp3) is 1.00. The predicted octanol–water partition coefficient (Wildman–Crippen LogP) is 8.33. The monoisotopic (exact) mass is 670 g/mol. The highest BCUT2D eigenvalue weighted by molar-refractivity contribution is 5.05. The molecule has 0 heterocycles. The molecule has 242 valence electrons. The number of halogens is 26. The molecule has 0 aromatic rings. The molecule has 28 heteroatoms. The molecule has 0 aliphatic heterocycles. The predicted molar refractivity (Wildman–Crippen MR) is 63.7 cm³/mol. The number of rotatable bonds is 9. The highest BCUT2D eigenvalue weighted by Crippen LogP contribution is 2.62. The van der Waals surface area contributed by atoms with Crippen molar-refractivity contribution in [1.82, 2.24) is 0 Å². The first kappa shape index (κ1) is 38.1. The van der Waals surface area contributed by atoms with Gasteiger partial charge in [-0.1, -0.05) is 0 Å². The highest BCUT2D eigenvalue weighted by atomic mass is 19.4. The van der Waals surface area contributed by atoms with Gasteiger partial charge in [0.25, 0.3) is 0 Å². The molecule has 0 fully saturated rings. The summed E-state index contributed by atoms with van der Waals surface area (Å²) >= 11 is 0. The van der Waals surface area contributed by atoms with Crippen LogP contribution < -0.4 is 0 Å². The molecule has 0 N–H and O–H groups in total. The average Bonchev–Trinajstić information content (AvgIpc) is 2.62. The second-order valence-corrected chi connectivity index (χ2v) is 6.72. The van der Waals surface area contributed by atoms with E-state index < -0.39 is 72.3 Å². The molecule has 0 bridgehead atoms. The zero-order valence-electron chi connectivity index (χ0n) is 16.6. The molecular weight excluding hydrogens is 670 g/mol. The lowest BCUT2D eigenvalue weighted by Crippen LogP contribution is -2.74. The van der Waals surface area contributed by atoms with Gasteiger partial charge in [0.05, 0.1) is 0 Å². The largest absolute Gasteiger partial charge is 0.460 e. The molecule has 0 aliphatic rings. The maximum Gasteiger partial charge on any atom is 0.460 e. The van der Waals surface area contributed by atoms with Crippen molar-refractivity contribution in [2.45, 2.75) is 72.3 Å². The van der Waals surface area contributed by atoms with Crippen LogP contribution in [0.25, 0.3) is 0 Å². The van der Waals surface area contributed by atoms with Crippen LogP contribution in [-0.4, -0.2) is 72.3 Å². The summed E-state index contributed by atoms with van der Waals surface area (Å²) in [5, 5.41) is 0. The fourth-order valence-electron chi connectivity index (χ4n) is 1.81. The van der Waals surface area contributed by atoms with Crippen LogP contribution in [0.2, 0.25) is 0 Å². The molecule has 0 aromatic carbocycles. The Morgan fingerprint density at radius 2 is 0.400 bits per heavy atom. The van der Waals surface area contributed by atoms with E-state index in [1.54, 1.807) is 0 Å². The maximum atomic E-state index is 14.1. The van der Waals surface area contributed by atoms with Crippen LogP contribution in [0, 0.1) is 0 Å². The van der Waals surface area contributed by atoms with Crippen molar-refractivity contribution < 1.29 is 124 Å². The fourth-order valence-corrected chi connectivity index (χ4v) is 1.81. The van der Waals surface area contributed by atoms with Crippen molar-refractivity contribution in [2.75, 3.05) is 0 Å². The van der Waals surface area contributed by atoms with Gasteiger partial charge in [0.1, 0.15) is 0 Å². The summed E-state index contributed by atoms with van der Waals surface area (Å²) in [6.07, 6.45) is -51.5. The quantitative estimate of drug-likeness (QED) is 0.230. The smallest absolute Gasteiger partial charge is 0.265 e. The third-order valence-corrected chi connectivity index (χ3v) is 3.91. The van der Waals surface area contributed by atoms with Gasteiger partial charge in [-0.25, -0.2) is 0 Å². The first-order chi connectivity index (χ1) is 16.7. The van der Waals surface area contributed by atoms with Crippen molar-refractivity contribution in [3.63, 3.8) is 0 Å². The lowest BCUT2D eigenvalue weighted by atomic mass is 10.0. The van der Waals surface area contributed by atoms with Crippen LogP contribution in [-0.2, 0) is 9.47 Å². The maximum absolute atomic E-state index is 14.1. The van der Waals surface area contributed by atoms with Crippen molar-refractivity contribution in [2.24, 2.45) is 0 Å². The lowest BCUT2D eigenvalue weighted by molar-refractivity contribution is -0.572. The molecule has 40 heavy (non-hydrogen) atoms. The Kier molecular flexibility index (Phi) is 8.86. The summed E-state index contributed by atoms with van der Waals surface area (Å²) in [6.45, 7) is 0. The average molecular weight is 670 g/mol. The van der Waals surface area contributed by atoms with E-state index in [-0.39, 0.29) is 0 Å². The zero-order valence-corrected chi connectivity index (χ0v) is 16.6. The van der Waals surface area contributed by atoms with Crippen LogP contribution in [0.3, 0.4) is 0 Å². The van der Waals surface area contributed by atoms with E-state index in [1.807, 2.05) is 0 Å². The van der Waals surface area contributed by atoms with E-state index in [0.717, 1.165) is 9.47 Å². The van der Waals surface area contributed by atoms with Crippen molar-refractivity contribution in [3.8, 4) is 0 Å². The van der Waals surface area contributed by atoms with E-state index in [0.29, 0.717) is 0 Å². The van der Waals surface area contributed by atoms with Crippen LogP contribution in [0.1, 0.15) is 0 Å². The topological polar surface area (TPSA) is 18.5 Å². The molecular formula is C12F26O2. The SMILES string of the molecule is FC(F)(F)C(F)(F)C(F)(F)C(F)(F)OC(F)(C(F)(F)F)C(F)(OC(F)(F)C(F)(F)C(F)(F)C(F)(F)F)C(F)(F)F. The molecule has 0 amide bonds. The molecule has 2 atom stereocenters. The van der Waals surface area contributed by atoms with Gasteiger partial charge < -0.3 is 0 Å². The van der Waals surface area contributed by atoms with Crippen molar-refractivity contribution >= 4 is 0 Å². The summed E-state index contributed by atoms with van der Waals surface area (Å²) in [5.41, 5.74) is 0. The number of hydrogen-bond acceptors (Lipinski definition) is 2. The molecule has 2 nitrogen and oxygen atoms in total. The van der Waals surface area contributed by atoms with Crippen molar-refractivity contribution in [3.05, 3.63) is 0 Å². The van der Waals surface area contributed by atoms with Crippen LogP contribution >= 0.6 is 0 Å². The zero-order chi connectivity index (χ0) is 33.4. The number of ether oxygens (including phenoxy) is 2. The second kappa shape index (κ2) is 9.30. The number of hydrogen-bond donors (Lipinski definition) is 0. The first-order valence-electron chi connectivity index (χ1n) is 7.98. The third-order valence-electron chi connectivity index (χ3n) is 3.91. The van der Waals surface area contributed by atoms with Gasteiger partial charge >= 0.3 is 72.3 Å².